The van der Waals surface area contributed by atoms with E-state index in [-0.39, 0.29) is 6.54 Å². The van der Waals surface area contributed by atoms with Crippen molar-refractivity contribution in [3.05, 3.63) is 0 Å². The molecule has 17 heavy (non-hydrogen) atoms. The van der Waals surface area contributed by atoms with Gasteiger partial charge in [0, 0.05) is 6.54 Å². The fourth-order valence-electron chi connectivity index (χ4n) is 0.989. The molecule has 6 heteroatoms. The highest BCUT2D eigenvalue weighted by atomic mass is 16.6. The maximum absolute atomic E-state index is 11.5. The summed E-state index contributed by atoms with van der Waals surface area (Å²) >= 11 is 0. The molecule has 0 bridgehead atoms. The molecule has 0 aromatic carbocycles. The number of ether oxygens (including phenoxy) is 2. The Hall–Kier alpha value is -1.46. The van der Waals surface area contributed by atoms with Crippen molar-refractivity contribution in [1.29, 1.82) is 0 Å². The van der Waals surface area contributed by atoms with Gasteiger partial charge < -0.3 is 20.1 Å². The molecule has 2 amide bonds. The van der Waals surface area contributed by atoms with Crippen LogP contribution in [0.3, 0.4) is 0 Å². The molecule has 0 spiro atoms. The molecular weight excluding hydrogens is 224 g/mol. The van der Waals surface area contributed by atoms with Crippen molar-refractivity contribution in [3.8, 4) is 0 Å². The number of hydrogen-bond acceptors (Lipinski definition) is 4. The quantitative estimate of drug-likeness (QED) is 0.793. The van der Waals surface area contributed by atoms with E-state index >= 15 is 0 Å². The van der Waals surface area contributed by atoms with Crippen LogP contribution in [0.4, 0.5) is 9.59 Å². The standard InChI is InChI=1S/C11H22N2O4/c1-10(2,3)17-9(15)13-11(4,5)7-12-8(14)16-6/h7H2,1-6H3,(H,12,14)(H,13,15). The Balaban J connectivity index is 4.16. The molecular formula is C11H22N2O4. The van der Waals surface area contributed by atoms with Crippen LogP contribution >= 0.6 is 0 Å². The Morgan fingerprint density at radius 2 is 1.59 bits per heavy atom. The zero-order valence-electron chi connectivity index (χ0n) is 11.3. The van der Waals surface area contributed by atoms with Gasteiger partial charge in [-0.3, -0.25) is 0 Å². The van der Waals surface area contributed by atoms with Gasteiger partial charge in [-0.2, -0.15) is 0 Å². The van der Waals surface area contributed by atoms with E-state index in [1.165, 1.54) is 7.11 Å². The van der Waals surface area contributed by atoms with Gasteiger partial charge in [-0.1, -0.05) is 0 Å². The first-order valence-electron chi connectivity index (χ1n) is 5.39. The monoisotopic (exact) mass is 246 g/mol. The molecule has 0 fully saturated rings. The van der Waals surface area contributed by atoms with E-state index in [9.17, 15) is 9.59 Å². The number of amides is 2. The molecule has 0 rings (SSSR count). The molecule has 0 radical (unpaired) electrons. The topological polar surface area (TPSA) is 76.7 Å². The highest BCUT2D eigenvalue weighted by molar-refractivity contribution is 5.69. The van der Waals surface area contributed by atoms with Crippen LogP contribution in [0.5, 0.6) is 0 Å². The molecule has 0 aliphatic rings. The summed E-state index contributed by atoms with van der Waals surface area (Å²) in [6, 6.07) is 0. The normalized spacial score (nSPS) is 11.6. The molecule has 0 heterocycles. The summed E-state index contributed by atoms with van der Waals surface area (Å²) < 4.78 is 9.55. The molecule has 100 valence electrons. The van der Waals surface area contributed by atoms with Crippen molar-refractivity contribution in [1.82, 2.24) is 10.6 Å². The summed E-state index contributed by atoms with van der Waals surface area (Å²) in [6.07, 6.45) is -1.06. The van der Waals surface area contributed by atoms with Crippen molar-refractivity contribution in [2.24, 2.45) is 0 Å². The predicted octanol–water partition coefficient (Wildman–Crippen LogP) is 1.65. The second kappa shape index (κ2) is 5.75. The lowest BCUT2D eigenvalue weighted by Gasteiger charge is -2.28. The van der Waals surface area contributed by atoms with Crippen LogP contribution in [0.1, 0.15) is 34.6 Å². The second-order valence-corrected chi connectivity index (χ2v) is 5.36. The summed E-state index contributed by atoms with van der Waals surface area (Å²) in [5.74, 6) is 0. The average Bonchev–Trinajstić information content (AvgIpc) is 2.10. The zero-order valence-corrected chi connectivity index (χ0v) is 11.3. The van der Waals surface area contributed by atoms with E-state index in [1.54, 1.807) is 34.6 Å². The van der Waals surface area contributed by atoms with E-state index in [0.717, 1.165) is 0 Å². The minimum Gasteiger partial charge on any atom is -0.453 e. The highest BCUT2D eigenvalue weighted by Crippen LogP contribution is 2.08. The van der Waals surface area contributed by atoms with Gasteiger partial charge in [-0.05, 0) is 34.6 Å². The van der Waals surface area contributed by atoms with Gasteiger partial charge in [-0.15, -0.1) is 0 Å². The molecule has 0 unspecified atom stereocenters. The molecule has 0 atom stereocenters. The molecule has 0 saturated carbocycles. The number of alkyl carbamates (subject to hydrolysis) is 2. The van der Waals surface area contributed by atoms with Crippen molar-refractivity contribution in [2.75, 3.05) is 13.7 Å². The number of carbonyl (C=O) groups is 2. The van der Waals surface area contributed by atoms with Gasteiger partial charge in [0.25, 0.3) is 0 Å². The van der Waals surface area contributed by atoms with Crippen LogP contribution in [0.2, 0.25) is 0 Å². The predicted molar refractivity (Wildman–Crippen MR) is 63.9 cm³/mol. The third-order valence-corrected chi connectivity index (χ3v) is 1.70. The zero-order chi connectivity index (χ0) is 13.7. The van der Waals surface area contributed by atoms with E-state index in [4.69, 9.17) is 4.74 Å². The molecule has 0 aromatic rings. The van der Waals surface area contributed by atoms with Gasteiger partial charge in [0.15, 0.2) is 0 Å². The van der Waals surface area contributed by atoms with Crippen molar-refractivity contribution in [3.63, 3.8) is 0 Å². The lowest BCUT2D eigenvalue weighted by Crippen LogP contribution is -2.52. The minimum atomic E-state index is -0.615. The SMILES string of the molecule is COC(=O)NCC(C)(C)NC(=O)OC(C)(C)C. The minimum absolute atomic E-state index is 0.249. The van der Waals surface area contributed by atoms with Crippen molar-refractivity contribution in [2.45, 2.75) is 45.8 Å². The van der Waals surface area contributed by atoms with Crippen LogP contribution in [0.15, 0.2) is 0 Å². The van der Waals surface area contributed by atoms with E-state index in [0.29, 0.717) is 0 Å². The summed E-state index contributed by atoms with van der Waals surface area (Å²) in [5.41, 5.74) is -1.16. The number of carbonyl (C=O) groups excluding carboxylic acids is 2. The summed E-state index contributed by atoms with van der Waals surface area (Å²) in [5, 5.41) is 5.17. The lowest BCUT2D eigenvalue weighted by atomic mass is 10.1. The third-order valence-electron chi connectivity index (χ3n) is 1.70. The van der Waals surface area contributed by atoms with Gasteiger partial charge >= 0.3 is 12.2 Å². The van der Waals surface area contributed by atoms with Gasteiger partial charge in [0.05, 0.1) is 12.6 Å². The van der Waals surface area contributed by atoms with Crippen LogP contribution in [-0.2, 0) is 9.47 Å². The third kappa shape index (κ3) is 8.36. The molecule has 0 aromatic heterocycles. The summed E-state index contributed by atoms with van der Waals surface area (Å²) in [7, 11) is 1.28. The first-order valence-corrected chi connectivity index (χ1v) is 5.39. The van der Waals surface area contributed by atoms with E-state index < -0.39 is 23.3 Å². The van der Waals surface area contributed by atoms with E-state index in [2.05, 4.69) is 15.4 Å². The number of hydrogen-bond donors (Lipinski definition) is 2. The molecule has 2 N–H and O–H groups in total. The fourth-order valence-corrected chi connectivity index (χ4v) is 0.989. The molecule has 6 nitrogen and oxygen atoms in total. The van der Waals surface area contributed by atoms with Gasteiger partial charge in [0.1, 0.15) is 5.60 Å². The summed E-state index contributed by atoms with van der Waals surface area (Å²) in [4.78, 5) is 22.4. The van der Waals surface area contributed by atoms with E-state index in [1.807, 2.05) is 0 Å². The largest absolute Gasteiger partial charge is 0.453 e. The summed E-state index contributed by atoms with van der Waals surface area (Å²) in [6.45, 7) is 9.14. The molecule has 0 aliphatic carbocycles. The van der Waals surface area contributed by atoms with Gasteiger partial charge in [-0.25, -0.2) is 9.59 Å². The second-order valence-electron chi connectivity index (χ2n) is 5.36. The van der Waals surface area contributed by atoms with Crippen LogP contribution in [-0.4, -0.2) is 37.0 Å². The lowest BCUT2D eigenvalue weighted by molar-refractivity contribution is 0.0470. The Kier molecular flexibility index (Phi) is 5.25. The molecule has 0 saturated heterocycles. The number of rotatable bonds is 3. The number of nitrogens with one attached hydrogen (secondary N) is 2. The average molecular weight is 246 g/mol. The Bertz CT molecular complexity index is 282. The maximum atomic E-state index is 11.5. The highest BCUT2D eigenvalue weighted by Gasteiger charge is 2.25. The van der Waals surface area contributed by atoms with Crippen LogP contribution in [0.25, 0.3) is 0 Å². The van der Waals surface area contributed by atoms with Gasteiger partial charge in [0.2, 0.25) is 0 Å². The maximum Gasteiger partial charge on any atom is 0.408 e. The Labute approximate surface area is 102 Å². The molecule has 0 aliphatic heterocycles. The first kappa shape index (κ1) is 15.5. The first-order chi connectivity index (χ1) is 7.56. The fraction of sp³-hybridized carbons (Fsp3) is 0.818. The van der Waals surface area contributed by atoms with Crippen molar-refractivity contribution < 1.29 is 19.1 Å². The number of methoxy groups -OCH3 is 1. The Morgan fingerprint density at radius 1 is 1.06 bits per heavy atom. The smallest absolute Gasteiger partial charge is 0.408 e. The van der Waals surface area contributed by atoms with Crippen LogP contribution in [0, 0.1) is 0 Å². The Morgan fingerprint density at radius 3 is 2.00 bits per heavy atom. The van der Waals surface area contributed by atoms with Crippen molar-refractivity contribution >= 4 is 12.2 Å². The van der Waals surface area contributed by atoms with Crippen LogP contribution < -0.4 is 10.6 Å².